The van der Waals surface area contributed by atoms with Crippen LogP contribution in [0.4, 0.5) is 0 Å². The van der Waals surface area contributed by atoms with Gasteiger partial charge in [-0.2, -0.15) is 0 Å². The normalized spacial score (nSPS) is 10.7. The first-order valence-corrected chi connectivity index (χ1v) is 11.0. The van der Waals surface area contributed by atoms with Gasteiger partial charge in [0.1, 0.15) is 11.5 Å². The lowest BCUT2D eigenvalue weighted by molar-refractivity contribution is 0.0732. The van der Waals surface area contributed by atoms with Crippen molar-refractivity contribution >= 4 is 5.97 Å². The number of esters is 1. The average molecular weight is 437 g/mol. The van der Waals surface area contributed by atoms with E-state index in [1.165, 1.54) is 0 Å². The van der Waals surface area contributed by atoms with Gasteiger partial charge >= 0.3 is 5.97 Å². The van der Waals surface area contributed by atoms with Crippen LogP contribution < -0.4 is 9.47 Å². The number of ether oxygens (including phenoxy) is 2. The van der Waals surface area contributed by atoms with Gasteiger partial charge in [-0.3, -0.25) is 0 Å². The summed E-state index contributed by atoms with van der Waals surface area (Å²) in [6.45, 7) is 8.05. The Morgan fingerprint density at radius 2 is 1.09 bits per heavy atom. The molecule has 166 valence electrons. The van der Waals surface area contributed by atoms with Crippen molar-refractivity contribution in [3.8, 4) is 33.8 Å². The van der Waals surface area contributed by atoms with Crippen molar-refractivity contribution in [3.05, 3.63) is 107 Å². The summed E-state index contributed by atoms with van der Waals surface area (Å²) in [7, 11) is 1.70. The van der Waals surface area contributed by atoms with Gasteiger partial charge in [-0.05, 0) is 109 Å². The quantitative estimate of drug-likeness (QED) is 0.240. The fourth-order valence-electron chi connectivity index (χ4n) is 4.32. The van der Waals surface area contributed by atoms with E-state index in [2.05, 4.69) is 38.1 Å². The number of carbonyl (C=O) groups is 1. The van der Waals surface area contributed by atoms with Crippen LogP contribution in [0.25, 0.3) is 22.3 Å². The first-order valence-electron chi connectivity index (χ1n) is 11.0. The highest BCUT2D eigenvalue weighted by molar-refractivity contribution is 5.93. The fourth-order valence-corrected chi connectivity index (χ4v) is 4.32. The number of hydrogen-bond acceptors (Lipinski definition) is 3. The van der Waals surface area contributed by atoms with Crippen LogP contribution in [-0.4, -0.2) is 13.1 Å². The molecule has 0 atom stereocenters. The number of hydrogen-bond donors (Lipinski definition) is 0. The summed E-state index contributed by atoms with van der Waals surface area (Å²) in [5, 5.41) is 0. The SMILES string of the molecule is COc1c(C)cc(-c2cc(C)c(OC(=O)c3cccc(-c4ccccc4)c3)c(C)c2)cc1C. The number of rotatable bonds is 5. The van der Waals surface area contributed by atoms with Gasteiger partial charge in [0.05, 0.1) is 12.7 Å². The highest BCUT2D eigenvalue weighted by Gasteiger charge is 2.16. The second-order valence-corrected chi connectivity index (χ2v) is 8.42. The van der Waals surface area contributed by atoms with E-state index in [4.69, 9.17) is 9.47 Å². The molecule has 0 aliphatic carbocycles. The molecule has 0 unspecified atom stereocenters. The molecule has 0 radical (unpaired) electrons. The van der Waals surface area contributed by atoms with Crippen molar-refractivity contribution in [1.82, 2.24) is 0 Å². The Hall–Kier alpha value is -3.85. The van der Waals surface area contributed by atoms with Crippen LogP contribution in [-0.2, 0) is 0 Å². The third-order valence-corrected chi connectivity index (χ3v) is 5.86. The van der Waals surface area contributed by atoms with Crippen molar-refractivity contribution in [2.75, 3.05) is 7.11 Å². The second kappa shape index (κ2) is 9.33. The Bertz CT molecular complexity index is 1270. The van der Waals surface area contributed by atoms with Crippen LogP contribution in [0.15, 0.2) is 78.9 Å². The predicted molar refractivity (Wildman–Crippen MR) is 134 cm³/mol. The molecule has 33 heavy (non-hydrogen) atoms. The average Bonchev–Trinajstić information content (AvgIpc) is 2.81. The lowest BCUT2D eigenvalue weighted by Crippen LogP contribution is -2.10. The van der Waals surface area contributed by atoms with Gasteiger partial charge in [0.15, 0.2) is 0 Å². The molecular formula is C30H28O3. The molecule has 0 aliphatic rings. The van der Waals surface area contributed by atoms with Crippen molar-refractivity contribution in [3.63, 3.8) is 0 Å². The molecule has 0 fully saturated rings. The zero-order valence-corrected chi connectivity index (χ0v) is 19.7. The van der Waals surface area contributed by atoms with E-state index in [0.29, 0.717) is 11.3 Å². The summed E-state index contributed by atoms with van der Waals surface area (Å²) in [6, 6.07) is 25.9. The minimum absolute atomic E-state index is 0.358. The molecule has 0 aliphatic heterocycles. The van der Waals surface area contributed by atoms with Crippen LogP contribution in [0.1, 0.15) is 32.6 Å². The lowest BCUT2D eigenvalue weighted by atomic mass is 9.96. The van der Waals surface area contributed by atoms with Crippen molar-refractivity contribution < 1.29 is 14.3 Å². The van der Waals surface area contributed by atoms with Gasteiger partial charge in [-0.1, -0.05) is 42.5 Å². The molecule has 0 bridgehead atoms. The molecule has 4 aromatic rings. The highest BCUT2D eigenvalue weighted by Crippen LogP contribution is 2.34. The van der Waals surface area contributed by atoms with Crippen molar-refractivity contribution in [2.24, 2.45) is 0 Å². The number of benzene rings is 4. The summed E-state index contributed by atoms with van der Waals surface area (Å²) in [5.41, 5.74) is 8.81. The van der Waals surface area contributed by atoms with Crippen LogP contribution in [0, 0.1) is 27.7 Å². The van der Waals surface area contributed by atoms with E-state index in [1.54, 1.807) is 13.2 Å². The van der Waals surface area contributed by atoms with Gasteiger partial charge in [0.25, 0.3) is 0 Å². The Morgan fingerprint density at radius 3 is 1.64 bits per heavy atom. The second-order valence-electron chi connectivity index (χ2n) is 8.42. The van der Waals surface area contributed by atoms with Crippen LogP contribution >= 0.6 is 0 Å². The van der Waals surface area contributed by atoms with E-state index >= 15 is 0 Å². The summed E-state index contributed by atoms with van der Waals surface area (Å²) < 4.78 is 11.4. The molecule has 0 N–H and O–H groups in total. The molecule has 0 saturated heterocycles. The number of carbonyl (C=O) groups excluding carboxylic acids is 1. The Morgan fingerprint density at radius 1 is 0.576 bits per heavy atom. The molecule has 0 heterocycles. The monoisotopic (exact) mass is 436 g/mol. The molecule has 4 aromatic carbocycles. The summed E-state index contributed by atoms with van der Waals surface area (Å²) in [5.74, 6) is 1.16. The van der Waals surface area contributed by atoms with Crippen molar-refractivity contribution in [2.45, 2.75) is 27.7 Å². The van der Waals surface area contributed by atoms with Crippen LogP contribution in [0.3, 0.4) is 0 Å². The largest absolute Gasteiger partial charge is 0.496 e. The third kappa shape index (κ3) is 4.68. The maximum Gasteiger partial charge on any atom is 0.343 e. The molecule has 0 aromatic heterocycles. The molecule has 3 nitrogen and oxygen atoms in total. The zero-order valence-electron chi connectivity index (χ0n) is 19.7. The number of aryl methyl sites for hydroxylation is 4. The zero-order chi connectivity index (χ0) is 23.5. The Balaban J connectivity index is 1.62. The molecular weight excluding hydrogens is 408 g/mol. The van der Waals surface area contributed by atoms with E-state index in [1.807, 2.05) is 62.4 Å². The maximum atomic E-state index is 13.0. The minimum atomic E-state index is -0.358. The predicted octanol–water partition coefficient (Wildman–Crippen LogP) is 7.48. The highest BCUT2D eigenvalue weighted by atomic mass is 16.5. The van der Waals surface area contributed by atoms with Gasteiger partial charge in [-0.15, -0.1) is 0 Å². The van der Waals surface area contributed by atoms with Crippen LogP contribution in [0.5, 0.6) is 11.5 Å². The molecule has 0 spiro atoms. The summed E-state index contributed by atoms with van der Waals surface area (Å²) in [6.07, 6.45) is 0. The molecule has 0 saturated carbocycles. The van der Waals surface area contributed by atoms with Gasteiger partial charge < -0.3 is 9.47 Å². The lowest BCUT2D eigenvalue weighted by Gasteiger charge is -2.15. The smallest absolute Gasteiger partial charge is 0.343 e. The maximum absolute atomic E-state index is 13.0. The van der Waals surface area contributed by atoms with E-state index < -0.39 is 0 Å². The fraction of sp³-hybridized carbons (Fsp3) is 0.167. The standard InChI is InChI=1S/C30H28O3/c1-19-14-26(15-20(2)28(19)32-5)27-16-21(3)29(22(4)17-27)33-30(31)25-13-9-12-24(18-25)23-10-7-6-8-11-23/h6-18H,1-5H3. The van der Waals surface area contributed by atoms with Crippen LogP contribution in [0.2, 0.25) is 0 Å². The Kier molecular flexibility index (Phi) is 6.32. The Labute approximate surface area is 195 Å². The van der Waals surface area contributed by atoms with Gasteiger partial charge in [0, 0.05) is 0 Å². The minimum Gasteiger partial charge on any atom is -0.496 e. The van der Waals surface area contributed by atoms with E-state index in [-0.39, 0.29) is 5.97 Å². The topological polar surface area (TPSA) is 35.5 Å². The molecule has 0 amide bonds. The van der Waals surface area contributed by atoms with E-state index in [0.717, 1.165) is 50.3 Å². The molecule has 3 heteroatoms. The first-order chi connectivity index (χ1) is 15.9. The third-order valence-electron chi connectivity index (χ3n) is 5.86. The molecule has 4 rings (SSSR count). The number of methoxy groups -OCH3 is 1. The first kappa shape index (κ1) is 22.3. The van der Waals surface area contributed by atoms with Gasteiger partial charge in [-0.25, -0.2) is 4.79 Å². The summed E-state index contributed by atoms with van der Waals surface area (Å²) in [4.78, 5) is 13.0. The summed E-state index contributed by atoms with van der Waals surface area (Å²) >= 11 is 0. The van der Waals surface area contributed by atoms with E-state index in [9.17, 15) is 4.79 Å². The van der Waals surface area contributed by atoms with Gasteiger partial charge in [0.2, 0.25) is 0 Å². The van der Waals surface area contributed by atoms with Crippen molar-refractivity contribution in [1.29, 1.82) is 0 Å².